The van der Waals surface area contributed by atoms with Crippen LogP contribution in [-0.2, 0) is 16.4 Å². The summed E-state index contributed by atoms with van der Waals surface area (Å²) in [6, 6.07) is 4.93. The summed E-state index contributed by atoms with van der Waals surface area (Å²) >= 11 is 0. The molecular weight excluding hydrogens is 200 g/mol. The van der Waals surface area contributed by atoms with E-state index in [1.807, 2.05) is 0 Å². The van der Waals surface area contributed by atoms with Crippen LogP contribution >= 0.6 is 0 Å². The highest BCUT2D eigenvalue weighted by Gasteiger charge is 2.20. The van der Waals surface area contributed by atoms with E-state index in [9.17, 15) is 8.42 Å². The van der Waals surface area contributed by atoms with E-state index in [1.54, 1.807) is 12.1 Å². The van der Waals surface area contributed by atoms with E-state index in [0.717, 1.165) is 24.0 Å². The molecule has 0 fully saturated rings. The van der Waals surface area contributed by atoms with E-state index in [1.165, 1.54) is 6.07 Å². The first-order valence-electron chi connectivity index (χ1n) is 4.40. The lowest BCUT2D eigenvalue weighted by atomic mass is 10.1. The summed E-state index contributed by atoms with van der Waals surface area (Å²) in [5.41, 5.74) is 7.87. The van der Waals surface area contributed by atoms with Crippen molar-refractivity contribution in [3.05, 3.63) is 29.3 Å². The van der Waals surface area contributed by atoms with Crippen LogP contribution in [0, 0.1) is 0 Å². The molecule has 4 N–H and O–H groups in total. The Hall–Kier alpha value is -0.910. The van der Waals surface area contributed by atoms with Crippen molar-refractivity contribution < 1.29 is 8.42 Å². The predicted molar refractivity (Wildman–Crippen MR) is 53.1 cm³/mol. The van der Waals surface area contributed by atoms with Gasteiger partial charge in [-0.1, -0.05) is 6.07 Å². The molecule has 4 nitrogen and oxygen atoms in total. The van der Waals surface area contributed by atoms with Crippen molar-refractivity contribution >= 4 is 10.0 Å². The predicted octanol–water partition coefficient (Wildman–Crippen LogP) is 0.280. The summed E-state index contributed by atoms with van der Waals surface area (Å²) in [4.78, 5) is 0.172. The average molecular weight is 212 g/mol. The Balaban J connectivity index is 2.53. The number of hydrogen-bond donors (Lipinski definition) is 2. The number of primary sulfonamides is 1. The van der Waals surface area contributed by atoms with E-state index < -0.39 is 10.0 Å². The zero-order valence-corrected chi connectivity index (χ0v) is 8.42. The van der Waals surface area contributed by atoms with Gasteiger partial charge in [0, 0.05) is 6.04 Å². The molecule has 14 heavy (non-hydrogen) atoms. The van der Waals surface area contributed by atoms with Crippen molar-refractivity contribution in [2.75, 3.05) is 0 Å². The fraction of sp³-hybridized carbons (Fsp3) is 0.333. The molecule has 1 aromatic rings. The van der Waals surface area contributed by atoms with Crippen molar-refractivity contribution in [2.24, 2.45) is 10.9 Å². The quantitative estimate of drug-likeness (QED) is 0.701. The lowest BCUT2D eigenvalue weighted by molar-refractivity contribution is 0.597. The molecule has 0 spiro atoms. The van der Waals surface area contributed by atoms with E-state index in [0.29, 0.717) is 0 Å². The van der Waals surface area contributed by atoms with Crippen LogP contribution in [0.3, 0.4) is 0 Å². The van der Waals surface area contributed by atoms with Crippen LogP contribution in [0.2, 0.25) is 0 Å². The first-order valence-corrected chi connectivity index (χ1v) is 5.94. The largest absolute Gasteiger partial charge is 0.324 e. The van der Waals surface area contributed by atoms with Gasteiger partial charge in [0.25, 0.3) is 0 Å². The summed E-state index contributed by atoms with van der Waals surface area (Å²) in [7, 11) is -3.58. The molecule has 0 bridgehead atoms. The Morgan fingerprint density at radius 1 is 1.36 bits per heavy atom. The van der Waals surface area contributed by atoms with Crippen molar-refractivity contribution in [3.8, 4) is 0 Å². The molecule has 0 saturated carbocycles. The first kappa shape index (κ1) is 9.64. The summed E-state index contributed by atoms with van der Waals surface area (Å²) in [5.74, 6) is 0. The van der Waals surface area contributed by atoms with Gasteiger partial charge in [0.2, 0.25) is 10.0 Å². The Morgan fingerprint density at radius 2 is 2.07 bits per heavy atom. The molecule has 0 aliphatic heterocycles. The standard InChI is InChI=1S/C9H12N2O2S/c10-9-4-1-6-5-7(14(11,12)13)2-3-8(6)9/h2-3,5,9H,1,4,10H2,(H2,11,12,13). The zero-order valence-electron chi connectivity index (χ0n) is 7.60. The number of hydrogen-bond acceptors (Lipinski definition) is 3. The molecule has 0 saturated heterocycles. The fourth-order valence-corrected chi connectivity index (χ4v) is 2.37. The maximum Gasteiger partial charge on any atom is 0.238 e. The number of rotatable bonds is 1. The van der Waals surface area contributed by atoms with Crippen LogP contribution in [0.15, 0.2) is 23.1 Å². The zero-order chi connectivity index (χ0) is 10.3. The molecule has 1 unspecified atom stereocenters. The SMILES string of the molecule is NC1CCc2cc(S(N)(=O)=O)ccc21. The number of fused-ring (bicyclic) bond motifs is 1. The van der Waals surface area contributed by atoms with E-state index >= 15 is 0 Å². The highest BCUT2D eigenvalue weighted by Crippen LogP contribution is 2.30. The molecule has 1 aromatic carbocycles. The van der Waals surface area contributed by atoms with Gasteiger partial charge in [0.05, 0.1) is 4.90 Å². The third-order valence-corrected chi connectivity index (χ3v) is 3.48. The van der Waals surface area contributed by atoms with E-state index in [2.05, 4.69) is 0 Å². The Labute approximate surface area is 83.0 Å². The minimum Gasteiger partial charge on any atom is -0.324 e. The van der Waals surface area contributed by atoms with Gasteiger partial charge in [-0.25, -0.2) is 13.6 Å². The van der Waals surface area contributed by atoms with Gasteiger partial charge in [0.1, 0.15) is 0 Å². The fourth-order valence-electron chi connectivity index (χ4n) is 1.80. The van der Waals surface area contributed by atoms with Crippen molar-refractivity contribution in [2.45, 2.75) is 23.8 Å². The second kappa shape index (κ2) is 3.05. The number of nitrogens with two attached hydrogens (primary N) is 2. The van der Waals surface area contributed by atoms with Gasteiger partial charge >= 0.3 is 0 Å². The molecule has 0 heterocycles. The molecular formula is C9H12N2O2S. The molecule has 76 valence electrons. The minimum absolute atomic E-state index is 0.0412. The highest BCUT2D eigenvalue weighted by molar-refractivity contribution is 7.89. The summed E-state index contributed by atoms with van der Waals surface area (Å²) in [5, 5.41) is 5.03. The highest BCUT2D eigenvalue weighted by atomic mass is 32.2. The lowest BCUT2D eigenvalue weighted by Crippen LogP contribution is -2.12. The monoisotopic (exact) mass is 212 g/mol. The lowest BCUT2D eigenvalue weighted by Gasteiger charge is -2.05. The third-order valence-electron chi connectivity index (χ3n) is 2.57. The minimum atomic E-state index is -3.58. The summed E-state index contributed by atoms with van der Waals surface area (Å²) in [6.45, 7) is 0. The second-order valence-corrected chi connectivity index (χ2v) is 5.11. The smallest absolute Gasteiger partial charge is 0.238 e. The maximum absolute atomic E-state index is 11.1. The summed E-state index contributed by atoms with van der Waals surface area (Å²) < 4.78 is 22.1. The van der Waals surface area contributed by atoms with Crippen LogP contribution < -0.4 is 10.9 Å². The van der Waals surface area contributed by atoms with Crippen molar-refractivity contribution in [3.63, 3.8) is 0 Å². The Kier molecular flexibility index (Phi) is 2.10. The maximum atomic E-state index is 11.1. The molecule has 1 aliphatic carbocycles. The average Bonchev–Trinajstić information content (AvgIpc) is 2.46. The molecule has 5 heteroatoms. The van der Waals surface area contributed by atoms with Crippen LogP contribution in [0.4, 0.5) is 0 Å². The van der Waals surface area contributed by atoms with Crippen LogP contribution in [-0.4, -0.2) is 8.42 Å². The topological polar surface area (TPSA) is 86.2 Å². The van der Waals surface area contributed by atoms with Gasteiger partial charge in [-0.15, -0.1) is 0 Å². The molecule has 2 rings (SSSR count). The van der Waals surface area contributed by atoms with Crippen molar-refractivity contribution in [1.82, 2.24) is 0 Å². The normalized spacial score (nSPS) is 20.9. The number of sulfonamides is 1. The summed E-state index contributed by atoms with van der Waals surface area (Å²) in [6.07, 6.45) is 1.71. The number of benzene rings is 1. The molecule has 1 aliphatic rings. The van der Waals surface area contributed by atoms with Gasteiger partial charge in [0.15, 0.2) is 0 Å². The van der Waals surface area contributed by atoms with Gasteiger partial charge in [-0.05, 0) is 36.1 Å². The molecule has 0 amide bonds. The van der Waals surface area contributed by atoms with Crippen molar-refractivity contribution in [1.29, 1.82) is 0 Å². The van der Waals surface area contributed by atoms with Gasteiger partial charge in [-0.2, -0.15) is 0 Å². The molecule has 0 aromatic heterocycles. The van der Waals surface area contributed by atoms with E-state index in [-0.39, 0.29) is 10.9 Å². The Bertz CT molecular complexity index is 468. The molecule has 0 radical (unpaired) electrons. The van der Waals surface area contributed by atoms with Gasteiger partial charge in [-0.3, -0.25) is 0 Å². The Morgan fingerprint density at radius 3 is 2.71 bits per heavy atom. The first-order chi connectivity index (χ1) is 6.48. The van der Waals surface area contributed by atoms with E-state index in [4.69, 9.17) is 10.9 Å². The van der Waals surface area contributed by atoms with Crippen LogP contribution in [0.25, 0.3) is 0 Å². The second-order valence-electron chi connectivity index (χ2n) is 3.55. The third kappa shape index (κ3) is 1.54. The number of aryl methyl sites for hydroxylation is 1. The van der Waals surface area contributed by atoms with Crippen LogP contribution in [0.1, 0.15) is 23.6 Å². The molecule has 1 atom stereocenters. The van der Waals surface area contributed by atoms with Gasteiger partial charge < -0.3 is 5.73 Å². The van der Waals surface area contributed by atoms with Crippen LogP contribution in [0.5, 0.6) is 0 Å².